The molecule has 0 spiro atoms. The summed E-state index contributed by atoms with van der Waals surface area (Å²) in [4.78, 5) is 16.8. The molecule has 0 saturated heterocycles. The van der Waals surface area contributed by atoms with Crippen LogP contribution < -0.4 is 0 Å². The second kappa shape index (κ2) is 7.64. The maximum atomic E-state index is 11.5. The van der Waals surface area contributed by atoms with Gasteiger partial charge >= 0.3 is 0 Å². The van der Waals surface area contributed by atoms with E-state index in [9.17, 15) is 15.4 Å². The lowest BCUT2D eigenvalue weighted by molar-refractivity contribution is -0.384. The molecule has 7 heteroatoms. The zero-order chi connectivity index (χ0) is 20.5. The Hall–Kier alpha value is -3.24. The molecule has 1 aliphatic carbocycles. The molecular formula is C22H19N3O3S. The van der Waals surface area contributed by atoms with Crippen LogP contribution in [0.4, 0.5) is 10.7 Å². The Morgan fingerprint density at radius 1 is 1.24 bits per heavy atom. The van der Waals surface area contributed by atoms with E-state index in [0.29, 0.717) is 27.6 Å². The molecule has 0 bridgehead atoms. The van der Waals surface area contributed by atoms with Crippen LogP contribution in [0, 0.1) is 35.3 Å². The minimum atomic E-state index is -0.395. The molecule has 6 nitrogen and oxygen atoms in total. The molecular weight excluding hydrogens is 386 g/mol. The number of furan rings is 1. The van der Waals surface area contributed by atoms with Crippen molar-refractivity contribution in [1.82, 2.24) is 0 Å². The van der Waals surface area contributed by atoms with E-state index in [-0.39, 0.29) is 5.69 Å². The van der Waals surface area contributed by atoms with Gasteiger partial charge in [0, 0.05) is 10.9 Å². The van der Waals surface area contributed by atoms with Crippen molar-refractivity contribution in [2.75, 3.05) is 0 Å². The van der Waals surface area contributed by atoms with Gasteiger partial charge < -0.3 is 4.42 Å². The van der Waals surface area contributed by atoms with Crippen molar-refractivity contribution < 1.29 is 9.34 Å². The average Bonchev–Trinajstić information content (AvgIpc) is 3.31. The van der Waals surface area contributed by atoms with Crippen molar-refractivity contribution in [2.45, 2.75) is 39.5 Å². The summed E-state index contributed by atoms with van der Waals surface area (Å²) >= 11 is 1.57. The molecule has 0 amide bonds. The van der Waals surface area contributed by atoms with Gasteiger partial charge in [-0.2, -0.15) is 5.26 Å². The van der Waals surface area contributed by atoms with Crippen molar-refractivity contribution in [2.24, 2.45) is 4.99 Å². The molecule has 3 aromatic rings. The van der Waals surface area contributed by atoms with Crippen LogP contribution in [-0.2, 0) is 12.8 Å². The molecule has 2 aromatic heterocycles. The molecule has 0 N–H and O–H groups in total. The number of benzene rings is 1. The van der Waals surface area contributed by atoms with E-state index in [0.717, 1.165) is 42.4 Å². The first-order chi connectivity index (χ1) is 14.0. The summed E-state index contributed by atoms with van der Waals surface area (Å²) in [5.41, 5.74) is 4.09. The van der Waals surface area contributed by atoms with Gasteiger partial charge in [-0.25, -0.2) is 4.99 Å². The van der Waals surface area contributed by atoms with Crippen molar-refractivity contribution in [3.8, 4) is 17.4 Å². The normalized spacial score (nSPS) is 13.4. The number of hydrogen-bond acceptors (Lipinski definition) is 6. The molecule has 0 aliphatic heterocycles. The monoisotopic (exact) mass is 405 g/mol. The van der Waals surface area contributed by atoms with Crippen molar-refractivity contribution in [3.05, 3.63) is 67.3 Å². The Labute approximate surface area is 172 Å². The maximum absolute atomic E-state index is 11.5. The fraction of sp³-hybridized carbons (Fsp3) is 0.273. The molecule has 146 valence electrons. The van der Waals surface area contributed by atoms with Crippen molar-refractivity contribution in [3.63, 3.8) is 0 Å². The smallest absolute Gasteiger partial charge is 0.280 e. The highest BCUT2D eigenvalue weighted by Crippen LogP contribution is 2.39. The molecule has 29 heavy (non-hydrogen) atoms. The van der Waals surface area contributed by atoms with E-state index in [1.54, 1.807) is 41.8 Å². The van der Waals surface area contributed by atoms with Gasteiger partial charge in [0.2, 0.25) is 0 Å². The van der Waals surface area contributed by atoms with E-state index in [2.05, 4.69) is 11.1 Å². The van der Waals surface area contributed by atoms with Crippen LogP contribution in [0.5, 0.6) is 0 Å². The first-order valence-corrected chi connectivity index (χ1v) is 10.2. The Kier molecular flexibility index (Phi) is 5.03. The molecule has 4 rings (SSSR count). The van der Waals surface area contributed by atoms with Crippen LogP contribution in [-0.4, -0.2) is 11.1 Å². The zero-order valence-corrected chi connectivity index (χ0v) is 17.0. The first kappa shape index (κ1) is 19.1. The lowest BCUT2D eigenvalue weighted by atomic mass is 9.96. The topological polar surface area (TPSA) is 92.4 Å². The van der Waals surface area contributed by atoms with Crippen molar-refractivity contribution >= 4 is 28.2 Å². The van der Waals surface area contributed by atoms with E-state index >= 15 is 0 Å². The Morgan fingerprint density at radius 3 is 2.76 bits per heavy atom. The Balaban J connectivity index is 1.67. The third kappa shape index (κ3) is 3.59. The lowest BCUT2D eigenvalue weighted by Gasteiger charge is -2.09. The molecule has 1 aromatic carbocycles. The highest BCUT2D eigenvalue weighted by molar-refractivity contribution is 7.16. The van der Waals surface area contributed by atoms with E-state index in [1.165, 1.54) is 4.88 Å². The summed E-state index contributed by atoms with van der Waals surface area (Å²) in [6.45, 7) is 3.76. The SMILES string of the molecule is Cc1cc(-c2ccc(C=Nc3sc4c(c3C#N)CCCC4)o2)c([N+](=O)[O-])cc1C. The van der Waals surface area contributed by atoms with Gasteiger partial charge in [0.25, 0.3) is 5.69 Å². The summed E-state index contributed by atoms with van der Waals surface area (Å²) in [5, 5.41) is 21.7. The van der Waals surface area contributed by atoms with E-state index in [1.807, 2.05) is 13.8 Å². The van der Waals surface area contributed by atoms with Gasteiger partial charge in [0.05, 0.1) is 22.3 Å². The number of aliphatic imine (C=N–C) groups is 1. The standard InChI is InChI=1S/C22H19N3O3S/c1-13-9-17(19(25(26)27)10-14(13)2)20-8-7-15(28-20)12-24-22-18(11-23)16-5-3-4-6-21(16)29-22/h7-10,12H,3-6H2,1-2H3. The fourth-order valence-electron chi connectivity index (χ4n) is 3.60. The number of thiophene rings is 1. The first-order valence-electron chi connectivity index (χ1n) is 9.42. The molecule has 1 aliphatic rings. The van der Waals surface area contributed by atoms with Crippen LogP contribution in [0.15, 0.2) is 33.7 Å². The van der Waals surface area contributed by atoms with Gasteiger partial charge in [-0.3, -0.25) is 10.1 Å². The number of fused-ring (bicyclic) bond motifs is 1. The Morgan fingerprint density at radius 2 is 2.00 bits per heavy atom. The van der Waals surface area contributed by atoms with E-state index < -0.39 is 4.92 Å². The number of aryl methyl sites for hydroxylation is 3. The highest BCUT2D eigenvalue weighted by Gasteiger charge is 2.21. The molecule has 0 saturated carbocycles. The largest absolute Gasteiger partial charge is 0.455 e. The number of nitriles is 1. The quantitative estimate of drug-likeness (QED) is 0.301. The Bertz CT molecular complexity index is 1180. The summed E-state index contributed by atoms with van der Waals surface area (Å²) in [7, 11) is 0. The van der Waals surface area contributed by atoms with E-state index in [4.69, 9.17) is 4.42 Å². The molecule has 0 radical (unpaired) electrons. The van der Waals surface area contributed by atoms with Crippen LogP contribution in [0.3, 0.4) is 0 Å². The average molecular weight is 405 g/mol. The number of hydrogen-bond donors (Lipinski definition) is 0. The summed E-state index contributed by atoms with van der Waals surface area (Å²) in [6.07, 6.45) is 5.78. The van der Waals surface area contributed by atoms with Crippen LogP contribution in [0.2, 0.25) is 0 Å². The fourth-order valence-corrected chi connectivity index (χ4v) is 4.78. The lowest BCUT2D eigenvalue weighted by Crippen LogP contribution is -1.99. The number of nitro benzene ring substituents is 1. The third-order valence-corrected chi connectivity index (χ3v) is 6.47. The predicted molar refractivity (Wildman–Crippen MR) is 113 cm³/mol. The van der Waals surface area contributed by atoms with Crippen LogP contribution in [0.1, 0.15) is 45.7 Å². The second-order valence-corrected chi connectivity index (χ2v) is 8.26. The highest BCUT2D eigenvalue weighted by atomic mass is 32.1. The van der Waals surface area contributed by atoms with Crippen LogP contribution in [0.25, 0.3) is 11.3 Å². The minimum absolute atomic E-state index is 0.0173. The van der Waals surface area contributed by atoms with Gasteiger partial charge in [-0.1, -0.05) is 0 Å². The number of rotatable bonds is 4. The van der Waals surface area contributed by atoms with Gasteiger partial charge in [-0.15, -0.1) is 11.3 Å². The molecule has 0 fully saturated rings. The predicted octanol–water partition coefficient (Wildman–Crippen LogP) is 6.03. The van der Waals surface area contributed by atoms with Crippen LogP contribution >= 0.6 is 11.3 Å². The van der Waals surface area contributed by atoms with Gasteiger partial charge in [0.1, 0.15) is 22.6 Å². The number of nitro groups is 1. The van der Waals surface area contributed by atoms with Gasteiger partial charge in [0.15, 0.2) is 0 Å². The summed E-state index contributed by atoms with van der Waals surface area (Å²) in [5.74, 6) is 0.912. The molecule has 2 heterocycles. The molecule has 0 unspecified atom stereocenters. The third-order valence-electron chi connectivity index (χ3n) is 5.27. The maximum Gasteiger partial charge on any atom is 0.280 e. The zero-order valence-electron chi connectivity index (χ0n) is 16.2. The molecule has 0 atom stereocenters. The summed E-state index contributed by atoms with van der Waals surface area (Å²) in [6, 6.07) is 9.08. The van der Waals surface area contributed by atoms with Gasteiger partial charge in [-0.05, 0) is 74.4 Å². The summed E-state index contributed by atoms with van der Waals surface area (Å²) < 4.78 is 5.82. The minimum Gasteiger partial charge on any atom is -0.455 e. The van der Waals surface area contributed by atoms with Crippen molar-refractivity contribution in [1.29, 1.82) is 5.26 Å². The number of nitrogens with zero attached hydrogens (tertiary/aromatic N) is 3. The second-order valence-electron chi connectivity index (χ2n) is 7.17.